The van der Waals surface area contributed by atoms with Gasteiger partial charge in [-0.1, -0.05) is 46.4 Å². The zero-order valence-electron chi connectivity index (χ0n) is 18.7. The third-order valence-corrected chi connectivity index (χ3v) is 7.21. The first-order chi connectivity index (χ1) is 17.3. The summed E-state index contributed by atoms with van der Waals surface area (Å²) in [6.07, 6.45) is 0.610. The Hall–Kier alpha value is -2.96. The van der Waals surface area contributed by atoms with E-state index in [-0.39, 0.29) is 16.8 Å². The van der Waals surface area contributed by atoms with Crippen LogP contribution in [0.1, 0.15) is 32.0 Å². The van der Waals surface area contributed by atoms with Gasteiger partial charge in [0.05, 0.1) is 20.6 Å². The highest BCUT2D eigenvalue weighted by molar-refractivity contribution is 6.42. The van der Waals surface area contributed by atoms with Crippen molar-refractivity contribution >= 4 is 63.9 Å². The van der Waals surface area contributed by atoms with Crippen molar-refractivity contribution in [2.24, 2.45) is 0 Å². The molecule has 0 unspecified atom stereocenters. The van der Waals surface area contributed by atoms with Gasteiger partial charge in [0.25, 0.3) is 11.8 Å². The number of furan rings is 1. The Labute approximate surface area is 227 Å². The van der Waals surface area contributed by atoms with Crippen molar-refractivity contribution in [2.75, 3.05) is 11.9 Å². The molecule has 0 fully saturated rings. The van der Waals surface area contributed by atoms with Crippen LogP contribution < -0.4 is 5.32 Å². The van der Waals surface area contributed by atoms with Crippen LogP contribution in [0.3, 0.4) is 0 Å². The van der Waals surface area contributed by atoms with Crippen LogP contribution in [-0.2, 0) is 13.0 Å². The van der Waals surface area contributed by atoms with Gasteiger partial charge in [-0.05, 0) is 66.7 Å². The summed E-state index contributed by atoms with van der Waals surface area (Å²) in [5, 5.41) is 4.33. The highest BCUT2D eigenvalue weighted by Gasteiger charge is 2.25. The molecule has 2 heterocycles. The van der Waals surface area contributed by atoms with Crippen molar-refractivity contribution in [3.05, 3.63) is 109 Å². The van der Waals surface area contributed by atoms with E-state index in [1.54, 1.807) is 47.4 Å². The van der Waals surface area contributed by atoms with Gasteiger partial charge >= 0.3 is 0 Å². The summed E-state index contributed by atoms with van der Waals surface area (Å²) in [6.45, 7) is 0.977. The number of rotatable bonds is 4. The second-order valence-corrected chi connectivity index (χ2v) is 9.98. The third kappa shape index (κ3) is 5.11. The smallest absolute Gasteiger partial charge is 0.257 e. The molecule has 5 nitrogen and oxygen atoms in total. The van der Waals surface area contributed by atoms with E-state index >= 15 is 0 Å². The SMILES string of the molecule is O=C(Nc1ccc(-c2cc3c(o2)CCN(C(=O)c2ccc(Cl)c(Cl)c2)C3)cc1)c1ccc(Cl)cc1Cl. The second-order valence-electron chi connectivity index (χ2n) is 8.32. The van der Waals surface area contributed by atoms with Gasteiger partial charge in [0.15, 0.2) is 0 Å². The first-order valence-electron chi connectivity index (χ1n) is 11.0. The van der Waals surface area contributed by atoms with Crippen LogP contribution in [0.25, 0.3) is 11.3 Å². The van der Waals surface area contributed by atoms with Crippen molar-refractivity contribution in [1.29, 1.82) is 0 Å². The van der Waals surface area contributed by atoms with E-state index in [0.717, 1.165) is 16.9 Å². The van der Waals surface area contributed by atoms with Gasteiger partial charge in [-0.15, -0.1) is 0 Å². The Bertz CT molecular complexity index is 1480. The molecule has 0 radical (unpaired) electrons. The fourth-order valence-electron chi connectivity index (χ4n) is 4.05. The minimum atomic E-state index is -0.329. The lowest BCUT2D eigenvalue weighted by Gasteiger charge is -2.26. The van der Waals surface area contributed by atoms with Crippen LogP contribution >= 0.6 is 46.4 Å². The number of amides is 2. The van der Waals surface area contributed by atoms with Crippen LogP contribution in [0.4, 0.5) is 5.69 Å². The Morgan fingerprint density at radius 1 is 0.833 bits per heavy atom. The highest BCUT2D eigenvalue weighted by atomic mass is 35.5. The molecule has 1 aliphatic rings. The van der Waals surface area contributed by atoms with Gasteiger partial charge in [0, 0.05) is 46.9 Å². The number of hydrogen-bond acceptors (Lipinski definition) is 3. The standard InChI is InChI=1S/C27H18Cl4N2O3/c28-18-4-7-20(22(30)13-18)26(34)32-19-5-1-15(2-6-19)25-12-17-14-33(10-9-24(17)36-25)27(35)16-3-8-21(29)23(31)11-16/h1-8,11-13H,9-10,14H2,(H,32,34). The predicted molar refractivity (Wildman–Crippen MR) is 143 cm³/mol. The van der Waals surface area contributed by atoms with E-state index in [0.29, 0.717) is 57.2 Å². The molecule has 3 aromatic carbocycles. The van der Waals surface area contributed by atoms with Gasteiger partial charge < -0.3 is 14.6 Å². The second kappa shape index (κ2) is 10.2. The molecule has 36 heavy (non-hydrogen) atoms. The number of hydrogen-bond donors (Lipinski definition) is 1. The summed E-state index contributed by atoms with van der Waals surface area (Å²) in [6, 6.07) is 18.9. The normalized spacial score (nSPS) is 12.8. The molecule has 1 N–H and O–H groups in total. The topological polar surface area (TPSA) is 62.6 Å². The van der Waals surface area contributed by atoms with Gasteiger partial charge in [-0.25, -0.2) is 0 Å². The molecule has 0 saturated carbocycles. The third-order valence-electron chi connectivity index (χ3n) is 5.92. The molecule has 1 aromatic heterocycles. The number of fused-ring (bicyclic) bond motifs is 1. The van der Waals surface area contributed by atoms with E-state index in [4.69, 9.17) is 50.8 Å². The number of halogens is 4. The maximum Gasteiger partial charge on any atom is 0.257 e. The quantitative estimate of drug-likeness (QED) is 0.275. The molecule has 2 amide bonds. The van der Waals surface area contributed by atoms with Gasteiger partial charge in [0.2, 0.25) is 0 Å². The number of anilines is 1. The minimum absolute atomic E-state index is 0.108. The van der Waals surface area contributed by atoms with E-state index in [1.165, 1.54) is 6.07 Å². The Kier molecular flexibility index (Phi) is 7.00. The van der Waals surface area contributed by atoms with Gasteiger partial charge in [0.1, 0.15) is 11.5 Å². The molecule has 0 spiro atoms. The summed E-state index contributed by atoms with van der Waals surface area (Å²) in [4.78, 5) is 27.3. The van der Waals surface area contributed by atoms with Crippen molar-refractivity contribution in [1.82, 2.24) is 4.90 Å². The summed E-state index contributed by atoms with van der Waals surface area (Å²) in [5.41, 5.74) is 3.26. The molecule has 182 valence electrons. The fourth-order valence-corrected chi connectivity index (χ4v) is 4.84. The first kappa shape index (κ1) is 24.7. The monoisotopic (exact) mass is 558 g/mol. The zero-order chi connectivity index (χ0) is 25.4. The largest absolute Gasteiger partial charge is 0.461 e. The highest BCUT2D eigenvalue weighted by Crippen LogP contribution is 2.32. The molecule has 4 aromatic rings. The Balaban J connectivity index is 1.28. The molecular weight excluding hydrogens is 542 g/mol. The number of benzene rings is 3. The van der Waals surface area contributed by atoms with Crippen molar-refractivity contribution in [3.8, 4) is 11.3 Å². The molecule has 0 aliphatic carbocycles. The first-order valence-corrected chi connectivity index (χ1v) is 12.5. The maximum absolute atomic E-state index is 13.0. The predicted octanol–water partition coefficient (Wildman–Crippen LogP) is 8.01. The summed E-state index contributed by atoms with van der Waals surface area (Å²) >= 11 is 24.1. The van der Waals surface area contributed by atoms with Crippen LogP contribution in [0.2, 0.25) is 20.1 Å². The van der Waals surface area contributed by atoms with Crippen LogP contribution in [-0.4, -0.2) is 23.3 Å². The molecule has 9 heteroatoms. The average molecular weight is 560 g/mol. The summed E-state index contributed by atoms with van der Waals surface area (Å²) in [5.74, 6) is 1.12. The van der Waals surface area contributed by atoms with E-state index in [2.05, 4.69) is 5.32 Å². The van der Waals surface area contributed by atoms with Crippen molar-refractivity contribution in [3.63, 3.8) is 0 Å². The Morgan fingerprint density at radius 2 is 1.61 bits per heavy atom. The lowest BCUT2D eigenvalue weighted by molar-refractivity contribution is 0.0730. The molecule has 0 bridgehead atoms. The fraction of sp³-hybridized carbons (Fsp3) is 0.111. The molecule has 0 atom stereocenters. The lowest BCUT2D eigenvalue weighted by atomic mass is 10.1. The average Bonchev–Trinajstić information content (AvgIpc) is 3.29. The number of carbonyl (C=O) groups excluding carboxylic acids is 2. The molecule has 0 saturated heterocycles. The van der Waals surface area contributed by atoms with Gasteiger partial charge in [-0.3, -0.25) is 9.59 Å². The van der Waals surface area contributed by atoms with E-state index in [9.17, 15) is 9.59 Å². The van der Waals surface area contributed by atoms with Crippen LogP contribution in [0, 0.1) is 0 Å². The summed E-state index contributed by atoms with van der Waals surface area (Å²) in [7, 11) is 0. The zero-order valence-corrected chi connectivity index (χ0v) is 21.7. The number of carbonyl (C=O) groups is 2. The lowest BCUT2D eigenvalue weighted by Crippen LogP contribution is -2.35. The Morgan fingerprint density at radius 3 is 2.33 bits per heavy atom. The van der Waals surface area contributed by atoms with E-state index < -0.39 is 0 Å². The van der Waals surface area contributed by atoms with Gasteiger partial charge in [-0.2, -0.15) is 0 Å². The maximum atomic E-state index is 13.0. The summed E-state index contributed by atoms with van der Waals surface area (Å²) < 4.78 is 6.08. The number of nitrogens with one attached hydrogen (secondary N) is 1. The van der Waals surface area contributed by atoms with Crippen LogP contribution in [0.5, 0.6) is 0 Å². The van der Waals surface area contributed by atoms with Crippen LogP contribution in [0.15, 0.2) is 71.1 Å². The minimum Gasteiger partial charge on any atom is -0.461 e. The van der Waals surface area contributed by atoms with Crippen molar-refractivity contribution < 1.29 is 14.0 Å². The molecule has 5 rings (SSSR count). The number of nitrogens with zero attached hydrogens (tertiary/aromatic N) is 1. The molecule has 1 aliphatic heterocycles. The van der Waals surface area contributed by atoms with E-state index in [1.807, 2.05) is 18.2 Å². The van der Waals surface area contributed by atoms with Crippen molar-refractivity contribution in [2.45, 2.75) is 13.0 Å². The molecular formula is C27H18Cl4N2O3.